The predicted octanol–water partition coefficient (Wildman–Crippen LogP) is 2.77. The van der Waals surface area contributed by atoms with Crippen LogP contribution in [0.5, 0.6) is 0 Å². The number of hydrogen-bond acceptors (Lipinski definition) is 6. The van der Waals surface area contributed by atoms with Gasteiger partial charge >= 0.3 is 0 Å². The molecule has 2 aromatic rings. The van der Waals surface area contributed by atoms with E-state index in [4.69, 9.17) is 14.9 Å². The monoisotopic (exact) mass is 358 g/mol. The van der Waals surface area contributed by atoms with Crippen LogP contribution in [-0.4, -0.2) is 47.2 Å². The number of carbonyl (C=O) groups is 1. The van der Waals surface area contributed by atoms with E-state index in [0.717, 1.165) is 54.4 Å². The van der Waals surface area contributed by atoms with Gasteiger partial charge < -0.3 is 15.3 Å². The van der Waals surface area contributed by atoms with Crippen LogP contribution < -0.4 is 10.2 Å². The Balaban J connectivity index is 0.000000511. The molecule has 1 aliphatic heterocycles. The van der Waals surface area contributed by atoms with E-state index in [1.54, 1.807) is 11.8 Å². The molecular formula is C18H22N4O2S. The molecular weight excluding hydrogens is 336 g/mol. The number of carboxylic acids is 1. The molecule has 6 nitrogen and oxygen atoms in total. The number of hydrogen-bond donors (Lipinski definition) is 2. The SMILES string of the molecule is C=Cc1ccccc1Sc1cncc(N2CCNCC2)n1.CC(=O)O. The van der Waals surface area contributed by atoms with Crippen LogP contribution in [-0.2, 0) is 4.79 Å². The highest BCUT2D eigenvalue weighted by Crippen LogP contribution is 2.30. The second-order valence-corrected chi connectivity index (χ2v) is 6.38. The Morgan fingerprint density at radius 2 is 2.00 bits per heavy atom. The molecule has 2 heterocycles. The van der Waals surface area contributed by atoms with Crippen LogP contribution in [0.2, 0.25) is 0 Å². The average molecular weight is 358 g/mol. The number of aliphatic carboxylic acids is 1. The van der Waals surface area contributed by atoms with Gasteiger partial charge in [-0.25, -0.2) is 4.98 Å². The number of aromatic nitrogens is 2. The summed E-state index contributed by atoms with van der Waals surface area (Å²) in [6, 6.07) is 8.19. The smallest absolute Gasteiger partial charge is 0.300 e. The number of anilines is 1. The number of benzene rings is 1. The Bertz CT molecular complexity index is 714. The Labute approximate surface area is 152 Å². The second-order valence-electron chi connectivity index (χ2n) is 5.32. The molecule has 1 fully saturated rings. The normalized spacial score (nSPS) is 13.6. The van der Waals surface area contributed by atoms with E-state index in [-0.39, 0.29) is 0 Å². The van der Waals surface area contributed by atoms with Gasteiger partial charge in [-0.05, 0) is 11.6 Å². The minimum absolute atomic E-state index is 0.833. The Kier molecular flexibility index (Phi) is 7.43. The molecule has 132 valence electrons. The van der Waals surface area contributed by atoms with E-state index in [1.807, 2.05) is 30.6 Å². The van der Waals surface area contributed by atoms with Gasteiger partial charge in [0, 0.05) is 38.0 Å². The first-order valence-electron chi connectivity index (χ1n) is 7.96. The zero-order valence-corrected chi connectivity index (χ0v) is 15.0. The van der Waals surface area contributed by atoms with Crippen molar-refractivity contribution >= 4 is 29.6 Å². The number of carboxylic acid groups (broad SMARTS) is 1. The van der Waals surface area contributed by atoms with Gasteiger partial charge in [0.05, 0.1) is 12.4 Å². The predicted molar refractivity (Wildman–Crippen MR) is 101 cm³/mol. The van der Waals surface area contributed by atoms with Crippen LogP contribution in [0.3, 0.4) is 0 Å². The molecule has 1 saturated heterocycles. The number of rotatable bonds is 4. The van der Waals surface area contributed by atoms with Crippen molar-refractivity contribution in [1.82, 2.24) is 15.3 Å². The highest BCUT2D eigenvalue weighted by Gasteiger charge is 2.13. The maximum atomic E-state index is 9.00. The van der Waals surface area contributed by atoms with Gasteiger partial charge in [0.25, 0.3) is 5.97 Å². The number of nitrogens with one attached hydrogen (secondary N) is 1. The van der Waals surface area contributed by atoms with E-state index in [9.17, 15) is 0 Å². The summed E-state index contributed by atoms with van der Waals surface area (Å²) in [5.74, 6) is 0.123. The molecule has 1 aromatic heterocycles. The maximum Gasteiger partial charge on any atom is 0.300 e. The van der Waals surface area contributed by atoms with Crippen LogP contribution in [0.1, 0.15) is 12.5 Å². The molecule has 3 rings (SSSR count). The van der Waals surface area contributed by atoms with Gasteiger partial charge in [-0.3, -0.25) is 9.78 Å². The zero-order valence-electron chi connectivity index (χ0n) is 14.2. The van der Waals surface area contributed by atoms with Crippen LogP contribution in [0.4, 0.5) is 5.82 Å². The van der Waals surface area contributed by atoms with Crippen molar-refractivity contribution in [3.63, 3.8) is 0 Å². The lowest BCUT2D eigenvalue weighted by Crippen LogP contribution is -2.43. The molecule has 0 saturated carbocycles. The fourth-order valence-corrected chi connectivity index (χ4v) is 3.18. The van der Waals surface area contributed by atoms with Crippen LogP contribution in [0, 0.1) is 0 Å². The minimum Gasteiger partial charge on any atom is -0.481 e. The molecule has 7 heteroatoms. The molecule has 0 radical (unpaired) electrons. The van der Waals surface area contributed by atoms with Gasteiger partial charge in [0.2, 0.25) is 0 Å². The molecule has 0 aliphatic carbocycles. The second kappa shape index (κ2) is 9.80. The molecule has 0 unspecified atom stereocenters. The van der Waals surface area contributed by atoms with Crippen molar-refractivity contribution in [2.45, 2.75) is 16.8 Å². The average Bonchev–Trinajstić information content (AvgIpc) is 2.63. The first-order chi connectivity index (χ1) is 12.1. The van der Waals surface area contributed by atoms with Crippen LogP contribution >= 0.6 is 11.8 Å². The topological polar surface area (TPSA) is 78.4 Å². The van der Waals surface area contributed by atoms with Gasteiger partial charge in [-0.15, -0.1) is 0 Å². The first kappa shape index (κ1) is 19.0. The Morgan fingerprint density at radius 1 is 1.32 bits per heavy atom. The summed E-state index contributed by atoms with van der Waals surface area (Å²) in [5, 5.41) is 11.7. The molecule has 1 aliphatic rings. The van der Waals surface area contributed by atoms with Crippen molar-refractivity contribution in [1.29, 1.82) is 0 Å². The first-order valence-corrected chi connectivity index (χ1v) is 8.78. The molecule has 1 aromatic carbocycles. The quantitative estimate of drug-likeness (QED) is 0.870. The van der Waals surface area contributed by atoms with Crippen molar-refractivity contribution in [2.75, 3.05) is 31.1 Å². The summed E-state index contributed by atoms with van der Waals surface area (Å²) >= 11 is 1.63. The van der Waals surface area contributed by atoms with E-state index < -0.39 is 5.97 Å². The van der Waals surface area contributed by atoms with Crippen molar-refractivity contribution in [2.24, 2.45) is 0 Å². The van der Waals surface area contributed by atoms with Gasteiger partial charge in [-0.2, -0.15) is 0 Å². The largest absolute Gasteiger partial charge is 0.481 e. The lowest BCUT2D eigenvalue weighted by Gasteiger charge is -2.28. The third-order valence-corrected chi connectivity index (χ3v) is 4.39. The Hall–Kier alpha value is -2.38. The summed E-state index contributed by atoms with van der Waals surface area (Å²) in [7, 11) is 0. The lowest BCUT2D eigenvalue weighted by atomic mass is 10.2. The van der Waals surface area contributed by atoms with E-state index >= 15 is 0 Å². The van der Waals surface area contributed by atoms with Gasteiger partial charge in [0.15, 0.2) is 0 Å². The van der Waals surface area contributed by atoms with Crippen molar-refractivity contribution in [3.8, 4) is 0 Å². The maximum absolute atomic E-state index is 9.00. The fourth-order valence-electron chi connectivity index (χ4n) is 2.29. The third-order valence-electron chi connectivity index (χ3n) is 3.39. The summed E-state index contributed by atoms with van der Waals surface area (Å²) in [4.78, 5) is 21.5. The fraction of sp³-hybridized carbons (Fsp3) is 0.278. The molecule has 0 atom stereocenters. The van der Waals surface area contributed by atoms with Gasteiger partial charge in [0.1, 0.15) is 10.8 Å². The minimum atomic E-state index is -0.833. The lowest BCUT2D eigenvalue weighted by molar-refractivity contribution is -0.134. The summed E-state index contributed by atoms with van der Waals surface area (Å²) < 4.78 is 0. The number of nitrogens with zero attached hydrogens (tertiary/aromatic N) is 3. The molecule has 0 amide bonds. The highest BCUT2D eigenvalue weighted by atomic mass is 32.2. The zero-order chi connectivity index (χ0) is 18.1. The molecule has 25 heavy (non-hydrogen) atoms. The van der Waals surface area contributed by atoms with E-state index in [1.165, 1.54) is 0 Å². The number of piperazine rings is 1. The van der Waals surface area contributed by atoms with Gasteiger partial charge in [-0.1, -0.05) is 42.6 Å². The summed E-state index contributed by atoms with van der Waals surface area (Å²) in [6.45, 7) is 8.90. The highest BCUT2D eigenvalue weighted by molar-refractivity contribution is 7.99. The van der Waals surface area contributed by atoms with Crippen molar-refractivity contribution < 1.29 is 9.90 Å². The standard InChI is InChI=1S/C16H18N4S.C2H4O2/c1-2-13-5-3-4-6-14(13)21-16-12-18-11-15(19-16)20-9-7-17-8-10-20;1-2(3)4/h2-6,11-12,17H,1,7-10H2;1H3,(H,3,4). The summed E-state index contributed by atoms with van der Waals surface area (Å²) in [6.07, 6.45) is 5.53. The van der Waals surface area contributed by atoms with Crippen LogP contribution in [0.15, 0.2) is 53.2 Å². The molecule has 0 bridgehead atoms. The summed E-state index contributed by atoms with van der Waals surface area (Å²) in [5.41, 5.74) is 1.12. The Morgan fingerprint density at radius 3 is 2.68 bits per heavy atom. The third kappa shape index (κ3) is 6.21. The van der Waals surface area contributed by atoms with Crippen LogP contribution in [0.25, 0.3) is 6.08 Å². The molecule has 0 spiro atoms. The molecule has 2 N–H and O–H groups in total. The van der Waals surface area contributed by atoms with Crippen molar-refractivity contribution in [3.05, 3.63) is 48.8 Å². The van der Waals surface area contributed by atoms with E-state index in [0.29, 0.717) is 0 Å². The van der Waals surface area contributed by atoms with E-state index in [2.05, 4.69) is 33.9 Å².